The first-order valence-electron chi connectivity index (χ1n) is 8.77. The first-order chi connectivity index (χ1) is 14.1. The molecule has 0 saturated carbocycles. The summed E-state index contributed by atoms with van der Waals surface area (Å²) in [5.74, 6) is 2.60. The molecule has 0 spiro atoms. The molecule has 8 nitrogen and oxygen atoms in total. The van der Waals surface area contributed by atoms with Crippen molar-refractivity contribution >= 4 is 11.6 Å². The van der Waals surface area contributed by atoms with E-state index < -0.39 is 0 Å². The highest BCUT2D eigenvalue weighted by Crippen LogP contribution is 2.33. The normalized spacial score (nSPS) is 10.3. The van der Waals surface area contributed by atoms with Crippen LogP contribution >= 0.6 is 0 Å². The third kappa shape index (κ3) is 4.60. The Hall–Kier alpha value is -3.68. The molecule has 3 rings (SSSR count). The van der Waals surface area contributed by atoms with Gasteiger partial charge in [0, 0.05) is 17.7 Å². The maximum absolute atomic E-state index is 12.4. The van der Waals surface area contributed by atoms with Crippen molar-refractivity contribution < 1.29 is 28.3 Å². The van der Waals surface area contributed by atoms with E-state index in [-0.39, 0.29) is 12.3 Å². The van der Waals surface area contributed by atoms with E-state index in [0.29, 0.717) is 40.1 Å². The Morgan fingerprint density at radius 3 is 2.34 bits per heavy atom. The molecule has 0 aliphatic heterocycles. The van der Waals surface area contributed by atoms with Gasteiger partial charge in [-0.25, -0.2) is 0 Å². The third-order valence-electron chi connectivity index (χ3n) is 4.25. The molecule has 1 heterocycles. The van der Waals surface area contributed by atoms with Gasteiger partial charge < -0.3 is 28.8 Å². The maximum Gasteiger partial charge on any atom is 0.230 e. The van der Waals surface area contributed by atoms with Crippen LogP contribution in [-0.4, -0.2) is 39.5 Å². The predicted octanol–water partition coefficient (Wildman–Crippen LogP) is 3.56. The first kappa shape index (κ1) is 20.1. The minimum absolute atomic E-state index is 0.0476. The fourth-order valence-electron chi connectivity index (χ4n) is 2.78. The van der Waals surface area contributed by atoms with Crippen LogP contribution in [0.4, 0.5) is 5.69 Å². The lowest BCUT2D eigenvalue weighted by molar-refractivity contribution is -0.115. The second-order valence-corrected chi connectivity index (χ2v) is 6.04. The van der Waals surface area contributed by atoms with Crippen LogP contribution in [0.5, 0.6) is 23.0 Å². The fourth-order valence-corrected chi connectivity index (χ4v) is 2.78. The summed E-state index contributed by atoms with van der Waals surface area (Å²) in [6, 6.07) is 12.3. The van der Waals surface area contributed by atoms with Crippen LogP contribution in [0, 0.1) is 0 Å². The number of carbonyl (C=O) groups is 1. The number of carbonyl (C=O) groups excluding carboxylic acids is 1. The molecule has 0 bridgehead atoms. The minimum atomic E-state index is -0.249. The molecule has 0 unspecified atom stereocenters. The van der Waals surface area contributed by atoms with E-state index in [1.165, 1.54) is 7.11 Å². The molecule has 0 saturated heterocycles. The molecule has 2 aromatic carbocycles. The van der Waals surface area contributed by atoms with Gasteiger partial charge in [-0.3, -0.25) is 4.79 Å². The summed E-state index contributed by atoms with van der Waals surface area (Å²) in [6.45, 7) is 0. The van der Waals surface area contributed by atoms with Gasteiger partial charge in [-0.2, -0.15) is 0 Å². The Balaban J connectivity index is 1.71. The molecule has 1 aromatic heterocycles. The standard InChI is InChI=1S/C21H22N2O6/c1-25-15-6-7-16(19(12-15)27-3)22-21(24)11-14-10-18(29-23-14)13-5-8-17(26-2)20(9-13)28-4/h5-10,12H,11H2,1-4H3,(H,22,24). The summed E-state index contributed by atoms with van der Waals surface area (Å²) < 4.78 is 26.4. The molecule has 152 valence electrons. The summed E-state index contributed by atoms with van der Waals surface area (Å²) in [5.41, 5.74) is 1.81. The molecule has 0 aliphatic carbocycles. The van der Waals surface area contributed by atoms with Crippen LogP contribution in [0.25, 0.3) is 11.3 Å². The van der Waals surface area contributed by atoms with E-state index in [9.17, 15) is 4.79 Å². The number of amides is 1. The maximum atomic E-state index is 12.4. The number of benzene rings is 2. The van der Waals surface area contributed by atoms with Crippen molar-refractivity contribution in [3.8, 4) is 34.3 Å². The highest BCUT2D eigenvalue weighted by atomic mass is 16.5. The highest BCUT2D eigenvalue weighted by Gasteiger charge is 2.14. The Labute approximate surface area is 168 Å². The fraction of sp³-hybridized carbons (Fsp3) is 0.238. The third-order valence-corrected chi connectivity index (χ3v) is 4.25. The lowest BCUT2D eigenvalue weighted by atomic mass is 10.1. The molecular formula is C21H22N2O6. The Morgan fingerprint density at radius 2 is 1.66 bits per heavy atom. The first-order valence-corrected chi connectivity index (χ1v) is 8.77. The molecule has 8 heteroatoms. The Morgan fingerprint density at radius 1 is 0.897 bits per heavy atom. The van der Waals surface area contributed by atoms with Gasteiger partial charge in [0.2, 0.25) is 5.91 Å². The van der Waals surface area contributed by atoms with Crippen molar-refractivity contribution in [2.45, 2.75) is 6.42 Å². The van der Waals surface area contributed by atoms with E-state index in [1.807, 2.05) is 6.07 Å². The van der Waals surface area contributed by atoms with Crippen molar-refractivity contribution in [3.63, 3.8) is 0 Å². The number of anilines is 1. The largest absolute Gasteiger partial charge is 0.497 e. The van der Waals surface area contributed by atoms with Gasteiger partial charge in [0.05, 0.1) is 46.2 Å². The SMILES string of the molecule is COc1ccc(NC(=O)Cc2cc(-c3ccc(OC)c(OC)c3)on2)c(OC)c1. The van der Waals surface area contributed by atoms with Crippen LogP contribution in [0.1, 0.15) is 5.69 Å². The van der Waals surface area contributed by atoms with Crippen LogP contribution in [-0.2, 0) is 11.2 Å². The van der Waals surface area contributed by atoms with Gasteiger partial charge in [-0.05, 0) is 30.3 Å². The summed E-state index contributed by atoms with van der Waals surface area (Å²) in [4.78, 5) is 12.4. The quantitative estimate of drug-likeness (QED) is 0.620. The van der Waals surface area contributed by atoms with Crippen LogP contribution in [0.3, 0.4) is 0 Å². The zero-order chi connectivity index (χ0) is 20.8. The topological polar surface area (TPSA) is 92.1 Å². The monoisotopic (exact) mass is 398 g/mol. The predicted molar refractivity (Wildman–Crippen MR) is 107 cm³/mol. The van der Waals surface area contributed by atoms with Crippen molar-refractivity contribution in [2.75, 3.05) is 33.8 Å². The van der Waals surface area contributed by atoms with Crippen LogP contribution in [0.15, 0.2) is 47.0 Å². The second-order valence-electron chi connectivity index (χ2n) is 6.04. The van der Waals surface area contributed by atoms with Gasteiger partial charge >= 0.3 is 0 Å². The molecule has 0 aliphatic rings. The van der Waals surface area contributed by atoms with Crippen molar-refractivity contribution in [2.24, 2.45) is 0 Å². The zero-order valence-corrected chi connectivity index (χ0v) is 16.6. The molecular weight excluding hydrogens is 376 g/mol. The summed E-state index contributed by atoms with van der Waals surface area (Å²) >= 11 is 0. The van der Waals surface area contributed by atoms with Gasteiger partial charge in [0.1, 0.15) is 11.5 Å². The summed E-state index contributed by atoms with van der Waals surface area (Å²) in [6.07, 6.45) is 0.0476. The summed E-state index contributed by atoms with van der Waals surface area (Å²) in [5, 5.41) is 6.79. The van der Waals surface area contributed by atoms with Gasteiger partial charge in [0.15, 0.2) is 17.3 Å². The Bertz CT molecular complexity index is 999. The van der Waals surface area contributed by atoms with Crippen LogP contribution < -0.4 is 24.3 Å². The lowest BCUT2D eigenvalue weighted by Crippen LogP contribution is -2.15. The number of rotatable bonds is 8. The molecule has 3 aromatic rings. The molecule has 29 heavy (non-hydrogen) atoms. The Kier molecular flexibility index (Phi) is 6.23. The van der Waals surface area contributed by atoms with E-state index in [4.69, 9.17) is 23.5 Å². The number of aromatic nitrogens is 1. The number of methoxy groups -OCH3 is 4. The number of ether oxygens (including phenoxy) is 4. The average molecular weight is 398 g/mol. The van der Waals surface area contributed by atoms with Gasteiger partial charge in [-0.15, -0.1) is 0 Å². The van der Waals surface area contributed by atoms with Gasteiger partial charge in [-0.1, -0.05) is 5.16 Å². The number of nitrogens with one attached hydrogen (secondary N) is 1. The minimum Gasteiger partial charge on any atom is -0.497 e. The number of hydrogen-bond donors (Lipinski definition) is 1. The molecule has 1 amide bonds. The molecule has 1 N–H and O–H groups in total. The van der Waals surface area contributed by atoms with Crippen molar-refractivity contribution in [3.05, 3.63) is 48.2 Å². The van der Waals surface area contributed by atoms with E-state index in [0.717, 1.165) is 5.56 Å². The van der Waals surface area contributed by atoms with Crippen molar-refractivity contribution in [1.29, 1.82) is 0 Å². The highest BCUT2D eigenvalue weighted by molar-refractivity contribution is 5.93. The van der Waals surface area contributed by atoms with E-state index >= 15 is 0 Å². The smallest absolute Gasteiger partial charge is 0.230 e. The summed E-state index contributed by atoms with van der Waals surface area (Å²) in [7, 11) is 6.22. The lowest BCUT2D eigenvalue weighted by Gasteiger charge is -2.11. The molecule has 0 atom stereocenters. The van der Waals surface area contributed by atoms with Crippen LogP contribution in [0.2, 0.25) is 0 Å². The zero-order valence-electron chi connectivity index (χ0n) is 16.6. The van der Waals surface area contributed by atoms with E-state index in [1.54, 1.807) is 57.7 Å². The number of hydrogen-bond acceptors (Lipinski definition) is 7. The average Bonchev–Trinajstić information content (AvgIpc) is 3.21. The van der Waals surface area contributed by atoms with Gasteiger partial charge in [0.25, 0.3) is 0 Å². The molecule has 0 radical (unpaired) electrons. The number of nitrogens with zero attached hydrogens (tertiary/aromatic N) is 1. The van der Waals surface area contributed by atoms with E-state index in [2.05, 4.69) is 10.5 Å². The van der Waals surface area contributed by atoms with Crippen molar-refractivity contribution in [1.82, 2.24) is 5.16 Å². The second kappa shape index (κ2) is 9.01. The molecule has 0 fully saturated rings.